The summed E-state index contributed by atoms with van der Waals surface area (Å²) in [6.07, 6.45) is 3.32. The number of carbonyl (C=O) groups is 2. The fraction of sp³-hybridized carbons (Fsp3) is 0.136. The molecule has 0 aliphatic rings. The van der Waals surface area contributed by atoms with Crippen LogP contribution in [0.25, 0.3) is 6.08 Å². The van der Waals surface area contributed by atoms with Crippen molar-refractivity contribution in [2.24, 2.45) is 0 Å². The van der Waals surface area contributed by atoms with E-state index in [2.05, 4.69) is 10.3 Å². The van der Waals surface area contributed by atoms with E-state index >= 15 is 0 Å². The SMILES string of the molecule is Cc1nc(NC(=O)c2ccccc2)sc1C(=O)/C=C/c1ccc(N(C)C)cc1. The molecule has 0 unspecified atom stereocenters. The number of benzene rings is 2. The van der Waals surface area contributed by atoms with Crippen LogP contribution in [0.2, 0.25) is 0 Å². The van der Waals surface area contributed by atoms with E-state index in [1.165, 1.54) is 17.4 Å². The van der Waals surface area contributed by atoms with Crippen LogP contribution in [0.5, 0.6) is 0 Å². The second-order valence-electron chi connectivity index (χ2n) is 6.44. The van der Waals surface area contributed by atoms with E-state index in [4.69, 9.17) is 0 Å². The molecule has 1 amide bonds. The van der Waals surface area contributed by atoms with Crippen molar-refractivity contribution in [3.05, 3.63) is 82.4 Å². The number of carbonyl (C=O) groups excluding carboxylic acids is 2. The van der Waals surface area contributed by atoms with Gasteiger partial charge in [0.1, 0.15) is 0 Å². The molecule has 0 aliphatic carbocycles. The molecule has 0 bridgehead atoms. The summed E-state index contributed by atoms with van der Waals surface area (Å²) < 4.78 is 0. The van der Waals surface area contributed by atoms with Gasteiger partial charge in [-0.3, -0.25) is 14.9 Å². The molecule has 6 heteroatoms. The van der Waals surface area contributed by atoms with Gasteiger partial charge in [-0.05, 0) is 42.8 Å². The van der Waals surface area contributed by atoms with Crippen molar-refractivity contribution in [2.75, 3.05) is 24.3 Å². The smallest absolute Gasteiger partial charge is 0.257 e. The Morgan fingerprint density at radius 2 is 1.71 bits per heavy atom. The topological polar surface area (TPSA) is 62.3 Å². The normalized spacial score (nSPS) is 10.8. The Hall–Kier alpha value is -3.25. The molecule has 1 heterocycles. The maximum absolute atomic E-state index is 12.5. The molecule has 0 fully saturated rings. The second-order valence-corrected chi connectivity index (χ2v) is 7.44. The van der Waals surface area contributed by atoms with Gasteiger partial charge in [0.25, 0.3) is 5.91 Å². The molecule has 2 aromatic carbocycles. The van der Waals surface area contributed by atoms with Crippen LogP contribution in [-0.4, -0.2) is 30.8 Å². The lowest BCUT2D eigenvalue weighted by Crippen LogP contribution is -2.11. The second kappa shape index (κ2) is 8.63. The van der Waals surface area contributed by atoms with Gasteiger partial charge in [-0.1, -0.05) is 47.7 Å². The van der Waals surface area contributed by atoms with E-state index in [0.717, 1.165) is 11.3 Å². The largest absolute Gasteiger partial charge is 0.378 e. The third-order valence-electron chi connectivity index (χ3n) is 4.11. The third kappa shape index (κ3) is 4.72. The van der Waals surface area contributed by atoms with E-state index in [0.29, 0.717) is 21.3 Å². The van der Waals surface area contributed by atoms with E-state index < -0.39 is 0 Å². The zero-order valence-corrected chi connectivity index (χ0v) is 16.8. The Balaban J connectivity index is 1.69. The highest BCUT2D eigenvalue weighted by atomic mass is 32.1. The van der Waals surface area contributed by atoms with E-state index in [1.54, 1.807) is 37.3 Å². The van der Waals surface area contributed by atoms with Crippen LogP contribution < -0.4 is 10.2 Å². The first-order valence-corrected chi connectivity index (χ1v) is 9.59. The highest BCUT2D eigenvalue weighted by Gasteiger charge is 2.15. The van der Waals surface area contributed by atoms with Gasteiger partial charge in [-0.2, -0.15) is 0 Å². The Morgan fingerprint density at radius 1 is 1.04 bits per heavy atom. The average Bonchev–Trinajstić information content (AvgIpc) is 3.07. The molecule has 0 radical (unpaired) electrons. The lowest BCUT2D eigenvalue weighted by Gasteiger charge is -2.11. The number of aromatic nitrogens is 1. The minimum Gasteiger partial charge on any atom is -0.378 e. The number of thiazole rings is 1. The number of aryl methyl sites for hydroxylation is 1. The summed E-state index contributed by atoms with van der Waals surface area (Å²) in [6, 6.07) is 16.8. The molecular weight excluding hydrogens is 370 g/mol. The van der Waals surface area contributed by atoms with Gasteiger partial charge in [-0.15, -0.1) is 0 Å². The van der Waals surface area contributed by atoms with Crippen molar-refractivity contribution >= 4 is 39.9 Å². The van der Waals surface area contributed by atoms with Gasteiger partial charge in [0, 0.05) is 25.3 Å². The molecule has 28 heavy (non-hydrogen) atoms. The van der Waals surface area contributed by atoms with E-state index in [-0.39, 0.29) is 11.7 Å². The molecular formula is C22H21N3O2S. The van der Waals surface area contributed by atoms with Gasteiger partial charge in [-0.25, -0.2) is 4.98 Å². The maximum atomic E-state index is 12.5. The predicted octanol–water partition coefficient (Wildman–Crippen LogP) is 4.67. The fourth-order valence-electron chi connectivity index (χ4n) is 2.57. The van der Waals surface area contributed by atoms with E-state index in [1.807, 2.05) is 49.3 Å². The van der Waals surface area contributed by atoms with Crippen molar-refractivity contribution < 1.29 is 9.59 Å². The Morgan fingerprint density at radius 3 is 2.36 bits per heavy atom. The first-order valence-electron chi connectivity index (χ1n) is 8.77. The minimum absolute atomic E-state index is 0.133. The summed E-state index contributed by atoms with van der Waals surface area (Å²) in [4.78, 5) is 31.6. The standard InChI is InChI=1S/C22H21N3O2S/c1-15-20(19(26)14-11-16-9-12-18(13-10-16)25(2)3)28-22(23-15)24-21(27)17-7-5-4-6-8-17/h4-14H,1-3H3,(H,23,24,27)/b14-11+. The molecule has 0 saturated carbocycles. The van der Waals surface area contributed by atoms with Gasteiger partial charge in [0.05, 0.1) is 10.6 Å². The summed E-state index contributed by atoms with van der Waals surface area (Å²) in [5.41, 5.74) is 3.19. The monoisotopic (exact) mass is 391 g/mol. The van der Waals surface area contributed by atoms with Crippen molar-refractivity contribution in [3.8, 4) is 0 Å². The van der Waals surface area contributed by atoms with Crippen molar-refractivity contribution in [1.82, 2.24) is 4.98 Å². The summed E-state index contributed by atoms with van der Waals surface area (Å²) in [5, 5.41) is 3.17. The molecule has 1 aromatic heterocycles. The predicted molar refractivity (Wildman–Crippen MR) is 115 cm³/mol. The van der Waals surface area contributed by atoms with Crippen LogP contribution in [0.3, 0.4) is 0 Å². The molecule has 5 nitrogen and oxygen atoms in total. The summed E-state index contributed by atoms with van der Waals surface area (Å²) in [6.45, 7) is 1.77. The number of amides is 1. The maximum Gasteiger partial charge on any atom is 0.257 e. The van der Waals surface area contributed by atoms with Gasteiger partial charge < -0.3 is 4.90 Å². The van der Waals surface area contributed by atoms with Crippen molar-refractivity contribution in [1.29, 1.82) is 0 Å². The quantitative estimate of drug-likeness (QED) is 0.490. The summed E-state index contributed by atoms with van der Waals surface area (Å²) in [7, 11) is 3.96. The number of nitrogens with one attached hydrogen (secondary N) is 1. The van der Waals surface area contributed by atoms with Crippen LogP contribution in [0.1, 0.15) is 31.3 Å². The molecule has 0 atom stereocenters. The average molecular weight is 391 g/mol. The zero-order valence-electron chi connectivity index (χ0n) is 16.0. The van der Waals surface area contributed by atoms with Crippen LogP contribution >= 0.6 is 11.3 Å². The van der Waals surface area contributed by atoms with Crippen LogP contribution in [0.4, 0.5) is 10.8 Å². The van der Waals surface area contributed by atoms with E-state index in [9.17, 15) is 9.59 Å². The van der Waals surface area contributed by atoms with Crippen LogP contribution in [0, 0.1) is 6.92 Å². The summed E-state index contributed by atoms with van der Waals surface area (Å²) >= 11 is 1.18. The molecule has 142 valence electrons. The van der Waals surface area contributed by atoms with Crippen LogP contribution in [-0.2, 0) is 0 Å². The fourth-order valence-corrected chi connectivity index (χ4v) is 3.45. The number of anilines is 2. The number of allylic oxidation sites excluding steroid dienone is 1. The lowest BCUT2D eigenvalue weighted by molar-refractivity contribution is 0.102. The zero-order chi connectivity index (χ0) is 20.1. The third-order valence-corrected chi connectivity index (χ3v) is 5.20. The molecule has 0 aliphatic heterocycles. The number of nitrogens with zero attached hydrogens (tertiary/aromatic N) is 2. The molecule has 1 N–H and O–H groups in total. The number of ketones is 1. The van der Waals surface area contributed by atoms with Crippen LogP contribution in [0.15, 0.2) is 60.7 Å². The first kappa shape index (κ1) is 19.5. The summed E-state index contributed by atoms with van der Waals surface area (Å²) in [5.74, 6) is -0.378. The van der Waals surface area contributed by atoms with Gasteiger partial charge >= 0.3 is 0 Å². The minimum atomic E-state index is -0.245. The molecule has 3 aromatic rings. The Kier molecular flexibility index (Phi) is 6.01. The Labute approximate surface area is 168 Å². The molecule has 3 rings (SSSR count). The highest BCUT2D eigenvalue weighted by molar-refractivity contribution is 7.18. The lowest BCUT2D eigenvalue weighted by atomic mass is 10.1. The Bertz CT molecular complexity index is 1010. The number of rotatable bonds is 6. The highest BCUT2D eigenvalue weighted by Crippen LogP contribution is 2.24. The van der Waals surface area contributed by atoms with Gasteiger partial charge in [0.15, 0.2) is 10.9 Å². The van der Waals surface area contributed by atoms with Crippen molar-refractivity contribution in [3.63, 3.8) is 0 Å². The number of hydrogen-bond donors (Lipinski definition) is 1. The molecule has 0 saturated heterocycles. The van der Waals surface area contributed by atoms with Gasteiger partial charge in [0.2, 0.25) is 0 Å². The number of hydrogen-bond acceptors (Lipinski definition) is 5. The molecule has 0 spiro atoms. The first-order chi connectivity index (χ1) is 13.4. The van der Waals surface area contributed by atoms with Crippen molar-refractivity contribution in [2.45, 2.75) is 6.92 Å².